The third kappa shape index (κ3) is 2.86. The van der Waals surface area contributed by atoms with Crippen LogP contribution in [0.2, 0.25) is 10.0 Å². The van der Waals surface area contributed by atoms with Crippen LogP contribution in [0.3, 0.4) is 0 Å². The van der Waals surface area contributed by atoms with Gasteiger partial charge in [-0.3, -0.25) is 5.43 Å². The number of aryl methyl sites for hydroxylation is 1. The number of rotatable bonds is 3. The first kappa shape index (κ1) is 13.9. The molecule has 1 aromatic carbocycles. The fraction of sp³-hybridized carbons (Fsp3) is 0.0667. The summed E-state index contributed by atoms with van der Waals surface area (Å²) >= 11 is 11.8. The number of aromatic amines is 1. The molecule has 0 saturated carbocycles. The lowest BCUT2D eigenvalue weighted by Gasteiger charge is -2.01. The molecule has 2 aromatic heterocycles. The molecule has 2 N–H and O–H groups in total. The zero-order valence-electron chi connectivity index (χ0n) is 11.2. The smallest absolute Gasteiger partial charge is 0.165 e. The fourth-order valence-corrected chi connectivity index (χ4v) is 2.54. The van der Waals surface area contributed by atoms with E-state index in [1.165, 1.54) is 6.20 Å². The van der Waals surface area contributed by atoms with Gasteiger partial charge in [-0.15, -0.1) is 0 Å². The Balaban J connectivity index is 1.86. The maximum atomic E-state index is 6.03. The summed E-state index contributed by atoms with van der Waals surface area (Å²) in [6.07, 6.45) is 3.27. The number of aromatic nitrogens is 2. The van der Waals surface area contributed by atoms with E-state index in [1.807, 2.05) is 31.2 Å². The maximum Gasteiger partial charge on any atom is 0.165 e. The van der Waals surface area contributed by atoms with Crippen molar-refractivity contribution in [2.24, 2.45) is 5.10 Å². The lowest BCUT2D eigenvalue weighted by atomic mass is 10.1. The largest absolute Gasteiger partial charge is 0.358 e. The first-order valence-electron chi connectivity index (χ1n) is 6.32. The van der Waals surface area contributed by atoms with Crippen LogP contribution in [0.15, 0.2) is 41.6 Å². The lowest BCUT2D eigenvalue weighted by molar-refractivity contribution is 1.23. The Kier molecular flexibility index (Phi) is 3.82. The van der Waals surface area contributed by atoms with E-state index in [1.54, 1.807) is 12.3 Å². The highest BCUT2D eigenvalue weighted by molar-refractivity contribution is 6.35. The van der Waals surface area contributed by atoms with Crippen LogP contribution in [0.25, 0.3) is 10.9 Å². The first-order chi connectivity index (χ1) is 10.1. The molecule has 6 heteroatoms. The molecule has 0 atom stereocenters. The van der Waals surface area contributed by atoms with E-state index >= 15 is 0 Å². The number of hydrogen-bond donors (Lipinski definition) is 2. The van der Waals surface area contributed by atoms with Crippen LogP contribution >= 0.6 is 23.2 Å². The molecule has 3 aromatic rings. The third-order valence-corrected chi connectivity index (χ3v) is 3.61. The molecule has 106 valence electrons. The van der Waals surface area contributed by atoms with Gasteiger partial charge >= 0.3 is 0 Å². The summed E-state index contributed by atoms with van der Waals surface area (Å²) < 4.78 is 0. The van der Waals surface area contributed by atoms with Gasteiger partial charge in [0, 0.05) is 28.4 Å². The summed E-state index contributed by atoms with van der Waals surface area (Å²) in [4.78, 5) is 7.40. The normalized spacial score (nSPS) is 11.4. The first-order valence-corrected chi connectivity index (χ1v) is 7.08. The highest BCUT2D eigenvalue weighted by Crippen LogP contribution is 2.23. The number of halogens is 2. The minimum Gasteiger partial charge on any atom is -0.358 e. The molecule has 0 amide bonds. The number of H-pyrrole nitrogens is 1. The highest BCUT2D eigenvalue weighted by atomic mass is 35.5. The molecule has 0 spiro atoms. The molecule has 0 aliphatic rings. The van der Waals surface area contributed by atoms with Crippen LogP contribution in [0.5, 0.6) is 0 Å². The molecule has 2 heterocycles. The molecular weight excluding hydrogens is 307 g/mol. The van der Waals surface area contributed by atoms with Gasteiger partial charge < -0.3 is 4.98 Å². The number of para-hydroxylation sites is 1. The number of nitrogens with zero attached hydrogens (tertiary/aromatic N) is 2. The van der Waals surface area contributed by atoms with Crippen LogP contribution < -0.4 is 5.43 Å². The zero-order chi connectivity index (χ0) is 14.8. The van der Waals surface area contributed by atoms with Gasteiger partial charge in [0.25, 0.3) is 0 Å². The van der Waals surface area contributed by atoms with Crippen molar-refractivity contribution in [1.82, 2.24) is 9.97 Å². The van der Waals surface area contributed by atoms with Crippen molar-refractivity contribution in [3.8, 4) is 0 Å². The van der Waals surface area contributed by atoms with E-state index in [2.05, 4.69) is 20.5 Å². The van der Waals surface area contributed by atoms with Crippen molar-refractivity contribution in [2.75, 3.05) is 5.43 Å². The minimum atomic E-state index is 0.426. The Hall–Kier alpha value is -2.04. The minimum absolute atomic E-state index is 0.426. The average molecular weight is 319 g/mol. The maximum absolute atomic E-state index is 6.03. The van der Waals surface area contributed by atoms with Crippen LogP contribution in [0.4, 0.5) is 5.82 Å². The second-order valence-corrected chi connectivity index (χ2v) is 5.41. The number of hydrazone groups is 1. The Morgan fingerprint density at radius 2 is 2.10 bits per heavy atom. The quantitative estimate of drug-likeness (QED) is 0.546. The van der Waals surface area contributed by atoms with Gasteiger partial charge in [-0.2, -0.15) is 5.10 Å². The van der Waals surface area contributed by atoms with Gasteiger partial charge in [-0.1, -0.05) is 41.4 Å². The summed E-state index contributed by atoms with van der Waals surface area (Å²) in [7, 11) is 0. The van der Waals surface area contributed by atoms with Crippen molar-refractivity contribution in [1.29, 1.82) is 0 Å². The Morgan fingerprint density at radius 1 is 1.29 bits per heavy atom. The Bertz CT molecular complexity index is 824. The van der Waals surface area contributed by atoms with Crippen LogP contribution in [0, 0.1) is 6.92 Å². The van der Waals surface area contributed by atoms with Crippen molar-refractivity contribution in [2.45, 2.75) is 6.92 Å². The molecule has 3 rings (SSSR count). The predicted octanol–water partition coefficient (Wildman–Crippen LogP) is 4.62. The highest BCUT2D eigenvalue weighted by Gasteiger charge is 2.05. The van der Waals surface area contributed by atoms with Gasteiger partial charge in [-0.25, -0.2) is 4.98 Å². The zero-order valence-corrected chi connectivity index (χ0v) is 12.7. The van der Waals surface area contributed by atoms with E-state index in [4.69, 9.17) is 23.2 Å². The lowest BCUT2D eigenvalue weighted by Crippen LogP contribution is -1.94. The summed E-state index contributed by atoms with van der Waals surface area (Å²) in [5.74, 6) is 0.467. The van der Waals surface area contributed by atoms with E-state index in [0.29, 0.717) is 15.9 Å². The van der Waals surface area contributed by atoms with Crippen LogP contribution in [0.1, 0.15) is 11.3 Å². The van der Waals surface area contributed by atoms with E-state index < -0.39 is 0 Å². The molecule has 21 heavy (non-hydrogen) atoms. The number of nitrogens with one attached hydrogen (secondary N) is 2. The average Bonchev–Trinajstić information content (AvgIpc) is 2.77. The molecule has 4 nitrogen and oxygen atoms in total. The van der Waals surface area contributed by atoms with Gasteiger partial charge in [0.1, 0.15) is 0 Å². The number of pyridine rings is 1. The van der Waals surface area contributed by atoms with Gasteiger partial charge in [0.2, 0.25) is 0 Å². The van der Waals surface area contributed by atoms with Gasteiger partial charge in [-0.05, 0) is 19.1 Å². The molecule has 0 saturated heterocycles. The fourth-order valence-electron chi connectivity index (χ4n) is 2.12. The summed E-state index contributed by atoms with van der Waals surface area (Å²) in [6, 6.07) is 9.69. The van der Waals surface area contributed by atoms with Crippen LogP contribution in [-0.2, 0) is 0 Å². The van der Waals surface area contributed by atoms with Crippen molar-refractivity contribution < 1.29 is 0 Å². The summed E-state index contributed by atoms with van der Waals surface area (Å²) in [6.45, 7) is 2.01. The molecule has 0 aliphatic carbocycles. The predicted molar refractivity (Wildman–Crippen MR) is 88.5 cm³/mol. The van der Waals surface area contributed by atoms with E-state index in [-0.39, 0.29) is 0 Å². The monoisotopic (exact) mass is 318 g/mol. The molecule has 0 fully saturated rings. The van der Waals surface area contributed by atoms with E-state index in [0.717, 1.165) is 22.2 Å². The Morgan fingerprint density at radius 3 is 2.90 bits per heavy atom. The van der Waals surface area contributed by atoms with E-state index in [9.17, 15) is 0 Å². The number of anilines is 1. The SMILES string of the molecule is Cc1[nH]c2ccccc2c1/C=N/Nc1ncc(Cl)cc1Cl. The molecule has 0 aliphatic heterocycles. The third-order valence-electron chi connectivity index (χ3n) is 3.12. The topological polar surface area (TPSA) is 53.1 Å². The van der Waals surface area contributed by atoms with Crippen molar-refractivity contribution >= 4 is 46.1 Å². The molecular formula is C15H12Cl2N4. The number of fused-ring (bicyclic) bond motifs is 1. The molecule has 0 bridgehead atoms. The number of benzene rings is 1. The van der Waals surface area contributed by atoms with Crippen molar-refractivity contribution in [3.05, 3.63) is 57.8 Å². The van der Waals surface area contributed by atoms with Gasteiger partial charge in [0.05, 0.1) is 16.3 Å². The second-order valence-electron chi connectivity index (χ2n) is 4.56. The Labute approximate surface area is 131 Å². The molecule has 0 radical (unpaired) electrons. The standard InChI is InChI=1S/C15H12Cl2N4/c1-9-12(11-4-2-3-5-14(11)20-9)8-19-21-15-13(17)6-10(16)7-18-15/h2-8,20H,1H3,(H,18,21)/b19-8+. The summed E-state index contributed by atoms with van der Waals surface area (Å²) in [5.41, 5.74) is 5.99. The number of hydrogen-bond acceptors (Lipinski definition) is 3. The van der Waals surface area contributed by atoms with Crippen molar-refractivity contribution in [3.63, 3.8) is 0 Å². The van der Waals surface area contributed by atoms with Gasteiger partial charge in [0.15, 0.2) is 5.82 Å². The summed E-state index contributed by atoms with van der Waals surface area (Å²) in [5, 5.41) is 6.24. The second kappa shape index (κ2) is 5.76. The van der Waals surface area contributed by atoms with Crippen LogP contribution in [-0.4, -0.2) is 16.2 Å². The molecule has 0 unspecified atom stereocenters.